The lowest BCUT2D eigenvalue weighted by molar-refractivity contribution is 0.147. The first kappa shape index (κ1) is 26.1. The van der Waals surface area contributed by atoms with Gasteiger partial charge in [0.05, 0.1) is 6.10 Å². The fourth-order valence-electron chi connectivity index (χ4n) is 5.65. The van der Waals surface area contributed by atoms with Gasteiger partial charge in [0.2, 0.25) is 5.95 Å². The van der Waals surface area contributed by atoms with Crippen LogP contribution < -0.4 is 5.32 Å². The van der Waals surface area contributed by atoms with E-state index in [-0.39, 0.29) is 6.10 Å². The molecule has 200 valence electrons. The van der Waals surface area contributed by atoms with Crippen molar-refractivity contribution >= 4 is 17.0 Å². The molecule has 5 rings (SSSR count). The molecule has 0 aliphatic carbocycles. The minimum Gasteiger partial charge on any atom is -0.393 e. The predicted molar refractivity (Wildman–Crippen MR) is 152 cm³/mol. The molecule has 2 N–H and O–H groups in total. The van der Waals surface area contributed by atoms with Gasteiger partial charge < -0.3 is 19.9 Å². The van der Waals surface area contributed by atoms with Gasteiger partial charge in [-0.3, -0.25) is 4.90 Å². The summed E-state index contributed by atoms with van der Waals surface area (Å²) >= 11 is 0. The molecule has 1 saturated heterocycles. The van der Waals surface area contributed by atoms with Crippen LogP contribution in [0.1, 0.15) is 63.4 Å². The van der Waals surface area contributed by atoms with E-state index >= 15 is 0 Å². The molecule has 0 amide bonds. The SMILES string of the molecule is CN1CCN(Cc2ccc(-c3cn4c5nc(ncc35)NCCCCCCC(O)CCCCC4)cc2)CC1. The lowest BCUT2D eigenvalue weighted by Gasteiger charge is -2.32. The van der Waals surface area contributed by atoms with E-state index in [4.69, 9.17) is 4.98 Å². The summed E-state index contributed by atoms with van der Waals surface area (Å²) in [7, 11) is 2.20. The minimum atomic E-state index is -0.140. The van der Waals surface area contributed by atoms with Crippen molar-refractivity contribution in [1.29, 1.82) is 0 Å². The van der Waals surface area contributed by atoms with Crippen LogP contribution in [0.5, 0.6) is 0 Å². The Morgan fingerprint density at radius 3 is 2.41 bits per heavy atom. The molecule has 0 spiro atoms. The highest BCUT2D eigenvalue weighted by Crippen LogP contribution is 2.31. The number of aliphatic hydroxyl groups excluding tert-OH is 1. The first-order valence-electron chi connectivity index (χ1n) is 14.4. The Labute approximate surface area is 221 Å². The van der Waals surface area contributed by atoms with Gasteiger partial charge in [0.15, 0.2) is 0 Å². The summed E-state index contributed by atoms with van der Waals surface area (Å²) in [6.07, 6.45) is 13.9. The van der Waals surface area contributed by atoms with Crippen LogP contribution in [0.4, 0.5) is 5.95 Å². The summed E-state index contributed by atoms with van der Waals surface area (Å²) < 4.78 is 2.31. The van der Waals surface area contributed by atoms with Crippen molar-refractivity contribution in [3.8, 4) is 11.1 Å². The zero-order valence-electron chi connectivity index (χ0n) is 22.5. The third kappa shape index (κ3) is 7.09. The average Bonchev–Trinajstić information content (AvgIpc) is 3.27. The average molecular weight is 505 g/mol. The van der Waals surface area contributed by atoms with Gasteiger partial charge >= 0.3 is 0 Å². The van der Waals surface area contributed by atoms with E-state index in [1.165, 1.54) is 29.5 Å². The molecule has 7 nitrogen and oxygen atoms in total. The van der Waals surface area contributed by atoms with Crippen LogP contribution in [0.3, 0.4) is 0 Å². The van der Waals surface area contributed by atoms with E-state index in [1.807, 2.05) is 6.20 Å². The van der Waals surface area contributed by atoms with Crippen molar-refractivity contribution in [3.63, 3.8) is 0 Å². The molecule has 2 aliphatic rings. The first-order chi connectivity index (χ1) is 18.2. The topological polar surface area (TPSA) is 69.5 Å². The number of hydrogen-bond donors (Lipinski definition) is 2. The van der Waals surface area contributed by atoms with E-state index < -0.39 is 0 Å². The number of aromatic nitrogens is 3. The van der Waals surface area contributed by atoms with Crippen molar-refractivity contribution in [2.45, 2.75) is 77.0 Å². The van der Waals surface area contributed by atoms with Crippen molar-refractivity contribution in [1.82, 2.24) is 24.3 Å². The molecule has 1 unspecified atom stereocenters. The number of rotatable bonds is 3. The maximum Gasteiger partial charge on any atom is 0.224 e. The molecule has 7 heteroatoms. The number of fused-ring (bicyclic) bond motifs is 1. The quantitative estimate of drug-likeness (QED) is 0.515. The number of hydrogen-bond acceptors (Lipinski definition) is 6. The molecular weight excluding hydrogens is 460 g/mol. The van der Waals surface area contributed by atoms with Gasteiger partial charge in [0, 0.05) is 69.2 Å². The maximum atomic E-state index is 10.3. The highest BCUT2D eigenvalue weighted by atomic mass is 16.3. The fourth-order valence-corrected chi connectivity index (χ4v) is 5.65. The number of benzene rings is 1. The van der Waals surface area contributed by atoms with Gasteiger partial charge in [-0.1, -0.05) is 56.4 Å². The molecule has 1 aromatic carbocycles. The summed E-state index contributed by atoms with van der Waals surface area (Å²) in [4.78, 5) is 14.6. The Balaban J connectivity index is 1.34. The molecule has 2 aromatic heterocycles. The van der Waals surface area contributed by atoms with E-state index in [1.54, 1.807) is 0 Å². The Bertz CT molecular complexity index is 1120. The molecule has 1 fully saturated rings. The summed E-state index contributed by atoms with van der Waals surface area (Å²) in [6, 6.07) is 9.08. The van der Waals surface area contributed by atoms with Crippen LogP contribution >= 0.6 is 0 Å². The summed E-state index contributed by atoms with van der Waals surface area (Å²) in [6.45, 7) is 7.41. The molecule has 0 saturated carbocycles. The molecule has 2 aliphatic heterocycles. The molecule has 4 heterocycles. The van der Waals surface area contributed by atoms with Crippen LogP contribution in [-0.4, -0.2) is 75.3 Å². The first-order valence-corrected chi connectivity index (χ1v) is 14.4. The number of aliphatic hydroxyl groups is 1. The van der Waals surface area contributed by atoms with E-state index in [2.05, 4.69) is 62.2 Å². The van der Waals surface area contributed by atoms with Gasteiger partial charge in [-0.2, -0.15) is 4.98 Å². The highest BCUT2D eigenvalue weighted by molar-refractivity contribution is 5.94. The van der Waals surface area contributed by atoms with Crippen LogP contribution in [0.15, 0.2) is 36.7 Å². The largest absolute Gasteiger partial charge is 0.393 e. The van der Waals surface area contributed by atoms with Crippen molar-refractivity contribution in [3.05, 3.63) is 42.2 Å². The third-order valence-electron chi connectivity index (χ3n) is 8.07. The van der Waals surface area contributed by atoms with Crippen molar-refractivity contribution in [2.75, 3.05) is 45.1 Å². The summed E-state index contributed by atoms with van der Waals surface area (Å²) in [5.41, 5.74) is 4.81. The standard InChI is InChI=1S/C30H44N6O/c1-34-17-19-35(20-18-34)22-24-11-13-25(14-12-24)28-23-36-16-8-4-6-10-26(37)9-5-2-3-7-15-31-30-32-21-27(28)29(36)33-30/h11-14,21,23,26,37H,2-10,15-20,22H2,1H3,(H,31,32,33). The van der Waals surface area contributed by atoms with Gasteiger partial charge in [0.25, 0.3) is 0 Å². The number of likely N-dealkylation sites (N-methyl/N-ethyl adjacent to an activating group) is 1. The Morgan fingerprint density at radius 2 is 1.62 bits per heavy atom. The fraction of sp³-hybridized carbons (Fsp3) is 0.600. The smallest absolute Gasteiger partial charge is 0.224 e. The van der Waals surface area contributed by atoms with Crippen molar-refractivity contribution < 1.29 is 5.11 Å². The highest BCUT2D eigenvalue weighted by Gasteiger charge is 2.16. The Morgan fingerprint density at radius 1 is 0.892 bits per heavy atom. The zero-order valence-corrected chi connectivity index (χ0v) is 22.5. The number of aryl methyl sites for hydroxylation is 1. The molecule has 2 bridgehead atoms. The van der Waals surface area contributed by atoms with Crippen LogP contribution in [-0.2, 0) is 13.1 Å². The third-order valence-corrected chi connectivity index (χ3v) is 8.07. The van der Waals surface area contributed by atoms with Crippen LogP contribution in [0.25, 0.3) is 22.2 Å². The number of nitrogens with one attached hydrogen (secondary N) is 1. The molecule has 0 radical (unpaired) electrons. The van der Waals surface area contributed by atoms with Crippen molar-refractivity contribution in [2.24, 2.45) is 0 Å². The number of anilines is 1. The van der Waals surface area contributed by atoms with Crippen LogP contribution in [0, 0.1) is 0 Å². The lowest BCUT2D eigenvalue weighted by atomic mass is 10.0. The minimum absolute atomic E-state index is 0.140. The van der Waals surface area contributed by atoms with Gasteiger partial charge in [-0.05, 0) is 43.9 Å². The monoisotopic (exact) mass is 504 g/mol. The van der Waals surface area contributed by atoms with E-state index in [9.17, 15) is 5.11 Å². The summed E-state index contributed by atoms with van der Waals surface area (Å²) in [5.74, 6) is 0.723. The van der Waals surface area contributed by atoms with Gasteiger partial charge in [-0.25, -0.2) is 4.98 Å². The maximum absolute atomic E-state index is 10.3. The lowest BCUT2D eigenvalue weighted by Crippen LogP contribution is -2.43. The Kier molecular flexibility index (Phi) is 9.08. The molecular formula is C30H44N6O. The predicted octanol–water partition coefficient (Wildman–Crippen LogP) is 5.14. The molecule has 1 atom stereocenters. The van der Waals surface area contributed by atoms with Gasteiger partial charge in [0.1, 0.15) is 5.65 Å². The second-order valence-electron chi connectivity index (χ2n) is 11.1. The zero-order chi connectivity index (χ0) is 25.5. The summed E-state index contributed by atoms with van der Waals surface area (Å²) in [5, 5.41) is 14.8. The van der Waals surface area contributed by atoms with Gasteiger partial charge in [-0.15, -0.1) is 0 Å². The normalized spacial score (nSPS) is 21.6. The molecule has 3 aromatic rings. The van der Waals surface area contributed by atoms with E-state index in [0.29, 0.717) is 0 Å². The number of nitrogens with zero attached hydrogens (tertiary/aromatic N) is 5. The molecule has 37 heavy (non-hydrogen) atoms. The Hall–Kier alpha value is -2.48. The number of piperazine rings is 1. The van der Waals surface area contributed by atoms with E-state index in [0.717, 1.165) is 108 Å². The second kappa shape index (κ2) is 12.9. The second-order valence-corrected chi connectivity index (χ2v) is 11.1. The van der Waals surface area contributed by atoms with Crippen LogP contribution in [0.2, 0.25) is 0 Å².